The number of carboxylic acids is 1. The number of ether oxygens (including phenoxy) is 2. The van der Waals surface area contributed by atoms with E-state index in [9.17, 15) is 41.0 Å². The van der Waals surface area contributed by atoms with Crippen molar-refractivity contribution in [3.05, 3.63) is 71.8 Å². The molecule has 1 aromatic carbocycles. The molecule has 0 saturated heterocycles. The molecule has 0 aliphatic rings. The second-order valence-electron chi connectivity index (χ2n) is 9.71. The molecule has 226 valence electrons. The third-order valence-electron chi connectivity index (χ3n) is 5.36. The summed E-state index contributed by atoms with van der Waals surface area (Å²) in [5, 5.41) is 18.3. The van der Waals surface area contributed by atoms with Gasteiger partial charge in [0.1, 0.15) is 5.60 Å². The molecular weight excluding hydrogens is 578 g/mol. The van der Waals surface area contributed by atoms with Gasteiger partial charge in [-0.2, -0.15) is 26.3 Å². The molecule has 1 amide bonds. The third-order valence-corrected chi connectivity index (χ3v) is 5.36. The van der Waals surface area contributed by atoms with Gasteiger partial charge in [-0.3, -0.25) is 5.32 Å². The number of hydrogen-bond donors (Lipinski definition) is 2. The van der Waals surface area contributed by atoms with Crippen LogP contribution in [-0.2, 0) is 27.9 Å². The number of pyridine rings is 1. The van der Waals surface area contributed by atoms with Crippen molar-refractivity contribution in [1.29, 1.82) is 0 Å². The Kier molecular flexibility index (Phi) is 9.00. The third kappa shape index (κ3) is 7.23. The number of rotatable bonds is 9. The van der Waals surface area contributed by atoms with E-state index in [1.54, 1.807) is 18.2 Å². The number of hydrogen-bond acceptors (Lipinski definition) is 8. The average molecular weight is 602 g/mol. The van der Waals surface area contributed by atoms with E-state index in [2.05, 4.69) is 21.8 Å². The van der Waals surface area contributed by atoms with Crippen LogP contribution < -0.4 is 5.32 Å². The normalized spacial score (nSPS) is 13.7. The molecule has 3 rings (SSSR count). The van der Waals surface area contributed by atoms with Crippen molar-refractivity contribution in [1.82, 2.24) is 15.2 Å². The quantitative estimate of drug-likeness (QED) is 0.201. The summed E-state index contributed by atoms with van der Waals surface area (Å²) in [5.41, 5.74) is -9.04. The number of benzene rings is 1. The standard InChI is InChI=1S/C26H24F6N4O6/c1-5-11-24(26(30,31)32,40-13-14-9-7-6-8-10-14)21-36-35-19(41-21)18-16(33-22(39)42-23(2,3)4)12-15(25(27,28)29)17(34-18)20(37)38/h5-10,12H,1,11,13H2,2-4H3,(H,33,39)(H,37,38). The molecule has 10 nitrogen and oxygen atoms in total. The Balaban J connectivity index is 2.20. The zero-order valence-electron chi connectivity index (χ0n) is 22.3. The highest BCUT2D eigenvalue weighted by atomic mass is 19.4. The Labute approximate surface area is 234 Å². The molecule has 0 aliphatic heterocycles. The first-order valence-electron chi connectivity index (χ1n) is 11.9. The fourth-order valence-corrected chi connectivity index (χ4v) is 3.56. The van der Waals surface area contributed by atoms with Crippen molar-refractivity contribution < 1.29 is 54.9 Å². The molecule has 1 atom stereocenters. The van der Waals surface area contributed by atoms with Gasteiger partial charge in [-0.15, -0.1) is 16.8 Å². The fourth-order valence-electron chi connectivity index (χ4n) is 3.56. The van der Waals surface area contributed by atoms with Crippen LogP contribution in [0.1, 0.15) is 54.7 Å². The van der Waals surface area contributed by atoms with Crippen LogP contribution in [0.2, 0.25) is 0 Å². The van der Waals surface area contributed by atoms with E-state index < -0.39 is 83.1 Å². The Morgan fingerprint density at radius 3 is 2.24 bits per heavy atom. The van der Waals surface area contributed by atoms with Crippen LogP contribution in [0.4, 0.5) is 36.8 Å². The van der Waals surface area contributed by atoms with Crippen molar-refractivity contribution in [2.75, 3.05) is 5.32 Å². The molecule has 2 heterocycles. The van der Waals surface area contributed by atoms with Crippen molar-refractivity contribution in [2.45, 2.75) is 57.4 Å². The second kappa shape index (κ2) is 11.8. The van der Waals surface area contributed by atoms with E-state index in [4.69, 9.17) is 13.9 Å². The number of amides is 1. The maximum Gasteiger partial charge on any atom is 0.426 e. The molecule has 2 aromatic heterocycles. The summed E-state index contributed by atoms with van der Waals surface area (Å²) in [6, 6.07) is 8.00. The molecule has 0 saturated carbocycles. The number of carbonyl (C=O) groups excluding carboxylic acids is 1. The first-order valence-corrected chi connectivity index (χ1v) is 11.9. The number of alkyl halides is 6. The number of carboxylic acid groups (broad SMARTS) is 1. The van der Waals surface area contributed by atoms with E-state index in [0.717, 1.165) is 6.08 Å². The van der Waals surface area contributed by atoms with Gasteiger partial charge in [-0.1, -0.05) is 36.4 Å². The molecule has 3 aromatic rings. The van der Waals surface area contributed by atoms with Gasteiger partial charge in [0.15, 0.2) is 11.4 Å². The van der Waals surface area contributed by atoms with Crippen molar-refractivity contribution in [3.63, 3.8) is 0 Å². The summed E-state index contributed by atoms with van der Waals surface area (Å²) in [6.45, 7) is 7.12. The topological polar surface area (TPSA) is 137 Å². The van der Waals surface area contributed by atoms with Crippen LogP contribution in [-0.4, -0.2) is 44.1 Å². The fraction of sp³-hybridized carbons (Fsp3) is 0.346. The highest BCUT2D eigenvalue weighted by Crippen LogP contribution is 2.46. The molecule has 2 N–H and O–H groups in total. The Morgan fingerprint density at radius 2 is 1.71 bits per heavy atom. The smallest absolute Gasteiger partial charge is 0.426 e. The predicted molar refractivity (Wildman–Crippen MR) is 133 cm³/mol. The van der Waals surface area contributed by atoms with Gasteiger partial charge in [0.2, 0.25) is 5.60 Å². The van der Waals surface area contributed by atoms with Crippen molar-refractivity contribution in [3.8, 4) is 11.6 Å². The largest absolute Gasteiger partial charge is 0.476 e. The number of anilines is 1. The Morgan fingerprint density at radius 1 is 1.07 bits per heavy atom. The summed E-state index contributed by atoms with van der Waals surface area (Å²) in [4.78, 5) is 27.5. The second-order valence-corrected chi connectivity index (χ2v) is 9.71. The minimum atomic E-state index is -5.26. The molecule has 42 heavy (non-hydrogen) atoms. The lowest BCUT2D eigenvalue weighted by molar-refractivity contribution is -0.295. The highest BCUT2D eigenvalue weighted by molar-refractivity contribution is 5.93. The lowest BCUT2D eigenvalue weighted by atomic mass is 9.98. The maximum atomic E-state index is 14.5. The summed E-state index contributed by atoms with van der Waals surface area (Å²) in [7, 11) is 0. The summed E-state index contributed by atoms with van der Waals surface area (Å²) in [5.74, 6) is -4.26. The van der Waals surface area contributed by atoms with Crippen molar-refractivity contribution >= 4 is 17.7 Å². The monoisotopic (exact) mass is 602 g/mol. The highest BCUT2D eigenvalue weighted by Gasteiger charge is 2.61. The lowest BCUT2D eigenvalue weighted by Crippen LogP contribution is -2.45. The van der Waals surface area contributed by atoms with Crippen LogP contribution in [0.5, 0.6) is 0 Å². The van der Waals surface area contributed by atoms with Gasteiger partial charge in [0.25, 0.3) is 11.8 Å². The maximum absolute atomic E-state index is 14.5. The van der Waals surface area contributed by atoms with E-state index >= 15 is 0 Å². The van der Waals surface area contributed by atoms with E-state index in [1.165, 1.54) is 32.9 Å². The van der Waals surface area contributed by atoms with Crippen LogP contribution in [0.3, 0.4) is 0 Å². The van der Waals surface area contributed by atoms with Gasteiger partial charge < -0.3 is 19.0 Å². The molecular formula is C26H24F6N4O6. The molecule has 0 fully saturated rings. The van der Waals surface area contributed by atoms with E-state index in [-0.39, 0.29) is 6.07 Å². The number of aromatic nitrogens is 3. The minimum Gasteiger partial charge on any atom is -0.476 e. The number of nitrogens with one attached hydrogen (secondary N) is 1. The zero-order valence-corrected chi connectivity index (χ0v) is 22.3. The number of nitrogens with zero attached hydrogens (tertiary/aromatic N) is 3. The Hall–Kier alpha value is -4.47. The minimum absolute atomic E-state index is 0.215. The van der Waals surface area contributed by atoms with Crippen LogP contribution >= 0.6 is 0 Å². The van der Waals surface area contributed by atoms with E-state index in [0.29, 0.717) is 5.56 Å². The molecule has 1 unspecified atom stereocenters. The number of aromatic carboxylic acids is 1. The summed E-state index contributed by atoms with van der Waals surface area (Å²) < 4.78 is 100. The molecule has 0 aliphatic carbocycles. The van der Waals surface area contributed by atoms with Gasteiger partial charge in [0, 0.05) is 6.42 Å². The molecule has 0 bridgehead atoms. The number of carbonyl (C=O) groups is 2. The first-order chi connectivity index (χ1) is 19.4. The van der Waals surface area contributed by atoms with Gasteiger partial charge in [-0.25, -0.2) is 14.6 Å². The average Bonchev–Trinajstić information content (AvgIpc) is 3.34. The molecule has 0 radical (unpaired) electrons. The lowest BCUT2D eigenvalue weighted by Gasteiger charge is -2.31. The molecule has 0 spiro atoms. The van der Waals surface area contributed by atoms with Crippen LogP contribution in [0, 0.1) is 0 Å². The van der Waals surface area contributed by atoms with Crippen molar-refractivity contribution in [2.24, 2.45) is 0 Å². The van der Waals surface area contributed by atoms with Crippen LogP contribution in [0.25, 0.3) is 11.6 Å². The van der Waals surface area contributed by atoms with Gasteiger partial charge >= 0.3 is 24.4 Å². The number of halogens is 6. The molecule has 16 heteroatoms. The summed E-state index contributed by atoms with van der Waals surface area (Å²) >= 11 is 0. The van der Waals surface area contributed by atoms with Gasteiger partial charge in [-0.05, 0) is 32.4 Å². The Bertz CT molecular complexity index is 1450. The van der Waals surface area contributed by atoms with E-state index in [1.807, 2.05) is 5.32 Å². The predicted octanol–water partition coefficient (Wildman–Crippen LogP) is 6.75. The zero-order chi connectivity index (χ0) is 31.5. The van der Waals surface area contributed by atoms with Crippen LogP contribution in [0.15, 0.2) is 53.5 Å². The SMILES string of the molecule is C=CCC(OCc1ccccc1)(c1nnc(-c2nc(C(=O)O)c(C(F)(F)F)cc2NC(=O)OC(C)(C)C)o1)C(F)(F)F. The summed E-state index contributed by atoms with van der Waals surface area (Å²) in [6.07, 6.45) is -11.8. The van der Waals surface area contributed by atoms with Gasteiger partial charge in [0.05, 0.1) is 17.9 Å². The first kappa shape index (κ1) is 32.0.